The first kappa shape index (κ1) is 19.9. The lowest BCUT2D eigenvalue weighted by atomic mass is 9.73. The van der Waals surface area contributed by atoms with Crippen molar-refractivity contribution in [2.45, 2.75) is 24.5 Å². The number of carbonyl (C=O) groups is 1. The molecule has 3 atom stereocenters. The molecule has 1 amide bonds. The predicted octanol–water partition coefficient (Wildman–Crippen LogP) is 3.66. The third kappa shape index (κ3) is 3.64. The lowest BCUT2D eigenvalue weighted by Crippen LogP contribution is -2.72. The van der Waals surface area contributed by atoms with Crippen molar-refractivity contribution in [3.05, 3.63) is 95.8 Å². The van der Waals surface area contributed by atoms with E-state index in [0.717, 1.165) is 24.2 Å². The van der Waals surface area contributed by atoms with Crippen molar-refractivity contribution in [2.24, 2.45) is 0 Å². The van der Waals surface area contributed by atoms with Crippen molar-refractivity contribution in [1.82, 2.24) is 9.80 Å². The quantitative estimate of drug-likeness (QED) is 0.690. The molecule has 0 aliphatic carbocycles. The lowest BCUT2D eigenvalue weighted by Gasteiger charge is -2.59. The van der Waals surface area contributed by atoms with Crippen molar-refractivity contribution in [3.63, 3.8) is 0 Å². The number of fused-ring (bicyclic) bond motifs is 1. The normalized spacial score (nSPS) is 23.4. The molecule has 0 bridgehead atoms. The van der Waals surface area contributed by atoms with E-state index >= 15 is 0 Å². The van der Waals surface area contributed by atoms with Crippen molar-refractivity contribution in [3.8, 4) is 11.1 Å². The summed E-state index contributed by atoms with van der Waals surface area (Å²) in [6.45, 7) is 1.83. The third-order valence-corrected chi connectivity index (χ3v) is 6.55. The minimum atomic E-state index is -0.243. The Morgan fingerprint density at radius 1 is 0.935 bits per heavy atom. The van der Waals surface area contributed by atoms with Gasteiger partial charge in [-0.2, -0.15) is 0 Å². The van der Waals surface area contributed by atoms with Gasteiger partial charge in [-0.25, -0.2) is 4.39 Å². The Balaban J connectivity index is 1.37. The SMILES string of the molecule is O=C1CN(Cc2ccccc2)C[C@H]2[C@@H](c3ccc(-c4ccccc4F)cc3)[C@@H](CO)N12. The number of hydrogen-bond donors (Lipinski definition) is 1. The van der Waals surface area contributed by atoms with E-state index in [4.69, 9.17) is 0 Å². The average molecular weight is 416 g/mol. The van der Waals surface area contributed by atoms with Gasteiger partial charge in [-0.15, -0.1) is 0 Å². The summed E-state index contributed by atoms with van der Waals surface area (Å²) in [5, 5.41) is 9.99. The largest absolute Gasteiger partial charge is 0.394 e. The fraction of sp³-hybridized carbons (Fsp3) is 0.269. The van der Waals surface area contributed by atoms with Crippen LogP contribution in [0, 0.1) is 5.82 Å². The van der Waals surface area contributed by atoms with Gasteiger partial charge in [-0.1, -0.05) is 72.8 Å². The number of rotatable bonds is 5. The summed E-state index contributed by atoms with van der Waals surface area (Å²) in [5.41, 5.74) is 3.66. The van der Waals surface area contributed by atoms with Crippen LogP contribution in [0.5, 0.6) is 0 Å². The standard InChI is InChI=1S/C26H25FN2O2/c27-22-9-5-4-8-21(22)19-10-12-20(13-11-19)26-23-15-28(14-18-6-2-1-3-7-18)16-25(31)29(23)24(26)17-30/h1-13,23-24,26,30H,14-17H2/t23-,24+,26+/m0/s1. The number of carbonyl (C=O) groups excluding carboxylic acids is 1. The van der Waals surface area contributed by atoms with Crippen LogP contribution in [0.3, 0.4) is 0 Å². The van der Waals surface area contributed by atoms with Crippen LogP contribution in [0.1, 0.15) is 17.0 Å². The van der Waals surface area contributed by atoms with Crippen LogP contribution in [0.25, 0.3) is 11.1 Å². The van der Waals surface area contributed by atoms with E-state index in [-0.39, 0.29) is 36.3 Å². The molecule has 3 aromatic rings. The molecule has 2 aliphatic heterocycles. The number of hydrogen-bond acceptors (Lipinski definition) is 3. The van der Waals surface area contributed by atoms with Gasteiger partial charge < -0.3 is 10.0 Å². The third-order valence-electron chi connectivity index (χ3n) is 6.55. The van der Waals surface area contributed by atoms with Crippen molar-refractivity contribution < 1.29 is 14.3 Å². The van der Waals surface area contributed by atoms with Gasteiger partial charge >= 0.3 is 0 Å². The number of aliphatic hydroxyl groups excluding tert-OH is 1. The van der Waals surface area contributed by atoms with Crippen molar-refractivity contribution >= 4 is 5.91 Å². The molecule has 0 spiro atoms. The molecule has 31 heavy (non-hydrogen) atoms. The fourth-order valence-corrected chi connectivity index (χ4v) is 5.11. The van der Waals surface area contributed by atoms with Gasteiger partial charge in [0, 0.05) is 24.6 Å². The molecule has 0 unspecified atom stereocenters. The Bertz CT molecular complexity index is 1070. The average Bonchev–Trinajstić information content (AvgIpc) is 2.77. The molecule has 4 nitrogen and oxygen atoms in total. The molecule has 0 saturated carbocycles. The summed E-state index contributed by atoms with van der Waals surface area (Å²) in [6, 6.07) is 24.6. The minimum Gasteiger partial charge on any atom is -0.394 e. The zero-order valence-corrected chi connectivity index (χ0v) is 17.2. The summed E-state index contributed by atoms with van der Waals surface area (Å²) in [5.74, 6) is -0.0969. The number of amides is 1. The molecule has 3 aromatic carbocycles. The fourth-order valence-electron chi connectivity index (χ4n) is 5.11. The summed E-state index contributed by atoms with van der Waals surface area (Å²) in [7, 11) is 0. The predicted molar refractivity (Wildman–Crippen MR) is 118 cm³/mol. The maximum absolute atomic E-state index is 14.1. The molecule has 5 rings (SSSR count). The highest BCUT2D eigenvalue weighted by atomic mass is 19.1. The maximum Gasteiger partial charge on any atom is 0.237 e. The lowest BCUT2D eigenvalue weighted by molar-refractivity contribution is -0.162. The van der Waals surface area contributed by atoms with Crippen LogP contribution in [0.2, 0.25) is 0 Å². The van der Waals surface area contributed by atoms with E-state index in [1.54, 1.807) is 12.1 Å². The van der Waals surface area contributed by atoms with Gasteiger partial charge in [0.2, 0.25) is 5.91 Å². The molecule has 2 heterocycles. The Hall–Kier alpha value is -3.02. The molecular weight excluding hydrogens is 391 g/mol. The second-order valence-electron chi connectivity index (χ2n) is 8.40. The zero-order valence-electron chi connectivity index (χ0n) is 17.2. The summed E-state index contributed by atoms with van der Waals surface area (Å²) in [4.78, 5) is 16.9. The van der Waals surface area contributed by atoms with E-state index in [0.29, 0.717) is 12.1 Å². The van der Waals surface area contributed by atoms with E-state index < -0.39 is 0 Å². The van der Waals surface area contributed by atoms with E-state index in [9.17, 15) is 14.3 Å². The van der Waals surface area contributed by atoms with E-state index in [1.807, 2.05) is 53.4 Å². The molecular formula is C26H25FN2O2. The Labute approximate surface area is 181 Å². The second kappa shape index (κ2) is 8.25. The first-order valence-corrected chi connectivity index (χ1v) is 10.7. The topological polar surface area (TPSA) is 43.8 Å². The van der Waals surface area contributed by atoms with Crippen LogP contribution in [-0.2, 0) is 11.3 Å². The second-order valence-corrected chi connectivity index (χ2v) is 8.40. The van der Waals surface area contributed by atoms with Crippen molar-refractivity contribution in [1.29, 1.82) is 0 Å². The highest BCUT2D eigenvalue weighted by Crippen LogP contribution is 2.43. The maximum atomic E-state index is 14.1. The highest BCUT2D eigenvalue weighted by molar-refractivity contribution is 5.81. The summed E-state index contributed by atoms with van der Waals surface area (Å²) in [6.07, 6.45) is 0. The summed E-state index contributed by atoms with van der Waals surface area (Å²) >= 11 is 0. The number of benzene rings is 3. The Kier molecular flexibility index (Phi) is 5.30. The van der Waals surface area contributed by atoms with Crippen LogP contribution in [-0.4, -0.2) is 52.6 Å². The van der Waals surface area contributed by atoms with Gasteiger partial charge in [-0.3, -0.25) is 9.69 Å². The van der Waals surface area contributed by atoms with Crippen LogP contribution in [0.4, 0.5) is 4.39 Å². The monoisotopic (exact) mass is 416 g/mol. The minimum absolute atomic E-state index is 0.0430. The van der Waals surface area contributed by atoms with Crippen LogP contribution < -0.4 is 0 Å². The number of halogens is 1. The van der Waals surface area contributed by atoms with Gasteiger partial charge in [0.1, 0.15) is 5.82 Å². The molecule has 5 heteroatoms. The molecule has 0 aromatic heterocycles. The molecule has 158 valence electrons. The molecule has 2 fully saturated rings. The smallest absolute Gasteiger partial charge is 0.237 e. The number of piperazine rings is 1. The highest BCUT2D eigenvalue weighted by Gasteiger charge is 2.53. The number of aliphatic hydroxyl groups is 1. The van der Waals surface area contributed by atoms with Gasteiger partial charge in [0.15, 0.2) is 0 Å². The van der Waals surface area contributed by atoms with Crippen LogP contribution >= 0.6 is 0 Å². The molecule has 2 saturated heterocycles. The zero-order chi connectivity index (χ0) is 21.4. The first-order chi connectivity index (χ1) is 15.2. The van der Waals surface area contributed by atoms with E-state index in [1.165, 1.54) is 11.6 Å². The molecule has 2 aliphatic rings. The van der Waals surface area contributed by atoms with Crippen LogP contribution in [0.15, 0.2) is 78.9 Å². The molecule has 1 N–H and O–H groups in total. The Morgan fingerprint density at radius 3 is 2.35 bits per heavy atom. The summed E-state index contributed by atoms with van der Waals surface area (Å²) < 4.78 is 14.1. The van der Waals surface area contributed by atoms with Crippen molar-refractivity contribution in [2.75, 3.05) is 19.7 Å². The first-order valence-electron chi connectivity index (χ1n) is 10.7. The Morgan fingerprint density at radius 2 is 1.65 bits per heavy atom. The number of nitrogens with zero attached hydrogens (tertiary/aromatic N) is 2. The van der Waals surface area contributed by atoms with E-state index in [2.05, 4.69) is 17.0 Å². The van der Waals surface area contributed by atoms with Gasteiger partial charge in [-0.05, 0) is 22.8 Å². The molecule has 0 radical (unpaired) electrons. The van der Waals surface area contributed by atoms with Gasteiger partial charge in [0.25, 0.3) is 0 Å². The van der Waals surface area contributed by atoms with Gasteiger partial charge in [0.05, 0.1) is 25.2 Å².